The second kappa shape index (κ2) is 5.02. The van der Waals surface area contributed by atoms with Crippen molar-refractivity contribution in [3.63, 3.8) is 0 Å². The van der Waals surface area contributed by atoms with Crippen molar-refractivity contribution in [3.8, 4) is 0 Å². The highest BCUT2D eigenvalue weighted by Crippen LogP contribution is 2.37. The van der Waals surface area contributed by atoms with Crippen LogP contribution < -0.4 is 5.73 Å². The minimum Gasteiger partial charge on any atom is -0.342 e. The lowest BCUT2D eigenvalue weighted by Crippen LogP contribution is -2.35. The molecule has 2 fully saturated rings. The zero-order valence-electron chi connectivity index (χ0n) is 9.24. The van der Waals surface area contributed by atoms with Crippen molar-refractivity contribution >= 4 is 18.3 Å². The fraction of sp³-hybridized carbons (Fsp3) is 0.900. The lowest BCUT2D eigenvalue weighted by atomic mass is 9.98. The van der Waals surface area contributed by atoms with Gasteiger partial charge in [0.25, 0.3) is 0 Å². The van der Waals surface area contributed by atoms with E-state index in [2.05, 4.69) is 0 Å². The molecule has 0 spiro atoms. The van der Waals surface area contributed by atoms with Gasteiger partial charge in [0.15, 0.2) is 0 Å². The van der Waals surface area contributed by atoms with Crippen LogP contribution in [-0.2, 0) is 4.79 Å². The summed E-state index contributed by atoms with van der Waals surface area (Å²) < 4.78 is 36.2. The molecule has 2 N–H and O–H groups in total. The zero-order valence-corrected chi connectivity index (χ0v) is 10.1. The van der Waals surface area contributed by atoms with Crippen LogP contribution in [0.25, 0.3) is 0 Å². The molecule has 0 aromatic heterocycles. The molecule has 1 heterocycles. The molecule has 2 rings (SSSR count). The third kappa shape index (κ3) is 3.25. The number of rotatable bonds is 1. The summed E-state index contributed by atoms with van der Waals surface area (Å²) in [5, 5.41) is 0. The van der Waals surface area contributed by atoms with Gasteiger partial charge in [0.2, 0.25) is 5.91 Å². The Labute approximate surface area is 104 Å². The third-order valence-electron chi connectivity index (χ3n) is 3.62. The first-order valence-electron chi connectivity index (χ1n) is 5.47. The Balaban J connectivity index is 0.00000144. The average Bonchev–Trinajstić information content (AvgIpc) is 2.65. The molecule has 2 aliphatic rings. The number of carbonyl (C=O) groups excluding carboxylic acids is 1. The molecule has 3 nitrogen and oxygen atoms in total. The second-order valence-corrected chi connectivity index (χ2v) is 4.76. The summed E-state index contributed by atoms with van der Waals surface area (Å²) in [6.07, 6.45) is -3.89. The number of fused-ring (bicyclic) bond motifs is 1. The van der Waals surface area contributed by atoms with Gasteiger partial charge in [-0.3, -0.25) is 4.79 Å². The van der Waals surface area contributed by atoms with Gasteiger partial charge in [-0.25, -0.2) is 0 Å². The molecule has 1 amide bonds. The van der Waals surface area contributed by atoms with Crippen LogP contribution in [0.4, 0.5) is 13.2 Å². The largest absolute Gasteiger partial charge is 0.397 e. The molecule has 1 aliphatic heterocycles. The Hall–Kier alpha value is -0.490. The highest BCUT2D eigenvalue weighted by molar-refractivity contribution is 5.85. The Morgan fingerprint density at radius 2 is 1.94 bits per heavy atom. The first kappa shape index (κ1) is 14.6. The van der Waals surface area contributed by atoms with E-state index in [9.17, 15) is 18.0 Å². The standard InChI is InChI=1S/C10H15F3N2O.ClH/c11-10(12,13)3-9(16)15-4-6-1-2-8(14)7(6)5-15;/h6-8H,1-5,14H2;1H. The van der Waals surface area contributed by atoms with Crippen molar-refractivity contribution in [2.75, 3.05) is 13.1 Å². The van der Waals surface area contributed by atoms with Crippen molar-refractivity contribution in [3.05, 3.63) is 0 Å². The Morgan fingerprint density at radius 3 is 2.47 bits per heavy atom. The molecule has 1 saturated heterocycles. The SMILES string of the molecule is Cl.NC1CCC2CN(C(=O)CC(F)(F)F)CC12. The molecule has 0 aromatic rings. The summed E-state index contributed by atoms with van der Waals surface area (Å²) in [6.45, 7) is 0.855. The molecule has 0 bridgehead atoms. The highest BCUT2D eigenvalue weighted by atomic mass is 35.5. The van der Waals surface area contributed by atoms with E-state index in [1.807, 2.05) is 0 Å². The monoisotopic (exact) mass is 272 g/mol. The molecule has 7 heteroatoms. The number of alkyl halides is 3. The number of halogens is 4. The summed E-state index contributed by atoms with van der Waals surface area (Å²) in [5.74, 6) is -0.293. The number of amides is 1. The minimum atomic E-state index is -4.41. The van der Waals surface area contributed by atoms with Crippen LogP contribution in [0.2, 0.25) is 0 Å². The van der Waals surface area contributed by atoms with Gasteiger partial charge in [-0.15, -0.1) is 12.4 Å². The maximum atomic E-state index is 12.1. The van der Waals surface area contributed by atoms with Crippen molar-refractivity contribution in [1.29, 1.82) is 0 Å². The smallest absolute Gasteiger partial charge is 0.342 e. The number of likely N-dealkylation sites (tertiary alicyclic amines) is 1. The summed E-state index contributed by atoms with van der Waals surface area (Å²) in [4.78, 5) is 12.7. The lowest BCUT2D eigenvalue weighted by molar-refractivity contribution is -0.160. The van der Waals surface area contributed by atoms with Gasteiger partial charge in [-0.2, -0.15) is 13.2 Å². The summed E-state index contributed by atoms with van der Waals surface area (Å²) in [6, 6.07) is 0.0497. The Kier molecular flexibility index (Phi) is 4.30. The number of carbonyl (C=O) groups is 1. The molecule has 3 unspecified atom stereocenters. The van der Waals surface area contributed by atoms with Crippen molar-refractivity contribution in [1.82, 2.24) is 4.90 Å². The molecule has 1 saturated carbocycles. The van der Waals surface area contributed by atoms with Gasteiger partial charge in [0, 0.05) is 19.1 Å². The molecule has 100 valence electrons. The van der Waals surface area contributed by atoms with Gasteiger partial charge >= 0.3 is 6.18 Å². The van der Waals surface area contributed by atoms with Gasteiger partial charge in [0.05, 0.1) is 0 Å². The first-order chi connectivity index (χ1) is 7.37. The molecule has 17 heavy (non-hydrogen) atoms. The minimum absolute atomic E-state index is 0. The first-order valence-corrected chi connectivity index (χ1v) is 5.47. The molecule has 3 atom stereocenters. The van der Waals surface area contributed by atoms with Crippen LogP contribution in [0, 0.1) is 11.8 Å². The maximum Gasteiger partial charge on any atom is 0.397 e. The van der Waals surface area contributed by atoms with Crippen LogP contribution >= 0.6 is 12.4 Å². The fourth-order valence-electron chi connectivity index (χ4n) is 2.79. The van der Waals surface area contributed by atoms with Crippen LogP contribution in [-0.4, -0.2) is 36.1 Å². The van der Waals surface area contributed by atoms with E-state index in [1.54, 1.807) is 0 Å². The van der Waals surface area contributed by atoms with E-state index >= 15 is 0 Å². The van der Waals surface area contributed by atoms with Gasteiger partial charge < -0.3 is 10.6 Å². The highest BCUT2D eigenvalue weighted by Gasteiger charge is 2.44. The van der Waals surface area contributed by atoms with Crippen LogP contribution in [0.15, 0.2) is 0 Å². The zero-order chi connectivity index (χ0) is 11.9. The van der Waals surface area contributed by atoms with E-state index in [-0.39, 0.29) is 24.4 Å². The Morgan fingerprint density at radius 1 is 1.29 bits per heavy atom. The topological polar surface area (TPSA) is 46.3 Å². The van der Waals surface area contributed by atoms with E-state index in [0.29, 0.717) is 19.0 Å². The molecular weight excluding hydrogens is 257 g/mol. The van der Waals surface area contributed by atoms with Crippen LogP contribution in [0.3, 0.4) is 0 Å². The lowest BCUT2D eigenvalue weighted by Gasteiger charge is -2.19. The molecule has 0 radical (unpaired) electrons. The summed E-state index contributed by atoms with van der Waals surface area (Å²) in [7, 11) is 0. The molecule has 0 aromatic carbocycles. The van der Waals surface area contributed by atoms with E-state index in [1.165, 1.54) is 4.90 Å². The number of nitrogens with zero attached hydrogens (tertiary/aromatic N) is 1. The van der Waals surface area contributed by atoms with Gasteiger partial charge in [-0.1, -0.05) is 0 Å². The summed E-state index contributed by atoms with van der Waals surface area (Å²) >= 11 is 0. The summed E-state index contributed by atoms with van der Waals surface area (Å²) in [5.41, 5.74) is 5.85. The average molecular weight is 273 g/mol. The normalized spacial score (nSPS) is 32.2. The van der Waals surface area contributed by atoms with Crippen molar-refractivity contribution < 1.29 is 18.0 Å². The van der Waals surface area contributed by atoms with Crippen LogP contribution in [0.5, 0.6) is 0 Å². The predicted octanol–water partition coefficient (Wildman–Crippen LogP) is 1.56. The van der Waals surface area contributed by atoms with Crippen molar-refractivity contribution in [2.24, 2.45) is 17.6 Å². The third-order valence-corrected chi connectivity index (χ3v) is 3.62. The maximum absolute atomic E-state index is 12.1. The Bertz CT molecular complexity index is 298. The van der Waals surface area contributed by atoms with Crippen LogP contribution in [0.1, 0.15) is 19.3 Å². The quantitative estimate of drug-likeness (QED) is 0.787. The number of hydrogen-bond acceptors (Lipinski definition) is 2. The van der Waals surface area contributed by atoms with E-state index in [0.717, 1.165) is 12.8 Å². The second-order valence-electron chi connectivity index (χ2n) is 4.76. The number of nitrogens with two attached hydrogens (primary N) is 1. The predicted molar refractivity (Wildman–Crippen MR) is 58.7 cm³/mol. The molecular formula is C10H16ClF3N2O. The van der Waals surface area contributed by atoms with Gasteiger partial charge in [-0.05, 0) is 24.7 Å². The molecule has 1 aliphatic carbocycles. The number of hydrogen-bond donors (Lipinski definition) is 1. The van der Waals surface area contributed by atoms with E-state index in [4.69, 9.17) is 5.73 Å². The fourth-order valence-corrected chi connectivity index (χ4v) is 2.79. The van der Waals surface area contributed by atoms with Gasteiger partial charge in [0.1, 0.15) is 6.42 Å². The van der Waals surface area contributed by atoms with E-state index < -0.39 is 18.5 Å². The van der Waals surface area contributed by atoms with Crippen molar-refractivity contribution in [2.45, 2.75) is 31.5 Å².